The molecule has 1 saturated heterocycles. The maximum Gasteiger partial charge on any atom is 0.258 e. The number of carbonyl (C=O) groups is 1. The fourth-order valence-electron chi connectivity index (χ4n) is 5.34. The summed E-state index contributed by atoms with van der Waals surface area (Å²) in [7, 11) is 3.37. The summed E-state index contributed by atoms with van der Waals surface area (Å²) in [6.07, 6.45) is 3.54. The van der Waals surface area contributed by atoms with Gasteiger partial charge in [0.2, 0.25) is 17.7 Å². The van der Waals surface area contributed by atoms with Crippen LogP contribution in [0.15, 0.2) is 36.5 Å². The number of fused-ring (bicyclic) bond motifs is 7. The minimum atomic E-state index is -0.287. The number of hydrogen-bond acceptors (Lipinski definition) is 8. The van der Waals surface area contributed by atoms with Gasteiger partial charge in [-0.2, -0.15) is 5.10 Å². The molecule has 204 valence electrons. The Kier molecular flexibility index (Phi) is 6.82. The number of piperazine rings is 1. The highest BCUT2D eigenvalue weighted by Crippen LogP contribution is 2.32. The van der Waals surface area contributed by atoms with Gasteiger partial charge in [-0.15, -0.1) is 0 Å². The van der Waals surface area contributed by atoms with Gasteiger partial charge in [0, 0.05) is 57.1 Å². The first-order valence-corrected chi connectivity index (χ1v) is 13.5. The van der Waals surface area contributed by atoms with Gasteiger partial charge < -0.3 is 24.3 Å². The number of benzene rings is 1. The Labute approximate surface area is 227 Å². The number of ether oxygens (including phenoxy) is 2. The van der Waals surface area contributed by atoms with Crippen molar-refractivity contribution in [2.75, 3.05) is 50.1 Å². The Hall–Kier alpha value is -4.12. The molecule has 4 aromatic rings. The van der Waals surface area contributed by atoms with E-state index in [1.54, 1.807) is 23.0 Å². The average Bonchev–Trinajstić information content (AvgIpc) is 3.49. The lowest BCUT2D eigenvalue weighted by Gasteiger charge is -2.29. The van der Waals surface area contributed by atoms with Gasteiger partial charge in [0.25, 0.3) is 5.91 Å². The highest BCUT2D eigenvalue weighted by Gasteiger charge is 2.22. The van der Waals surface area contributed by atoms with Crippen molar-refractivity contribution in [3.05, 3.63) is 42.1 Å². The monoisotopic (exact) mass is 530 g/mol. The van der Waals surface area contributed by atoms with Crippen molar-refractivity contribution in [2.24, 2.45) is 13.0 Å². The summed E-state index contributed by atoms with van der Waals surface area (Å²) in [6, 6.07) is 9.73. The van der Waals surface area contributed by atoms with E-state index >= 15 is 0 Å². The van der Waals surface area contributed by atoms with Gasteiger partial charge in [-0.3, -0.25) is 10.1 Å². The van der Waals surface area contributed by atoms with E-state index in [4.69, 9.17) is 14.5 Å². The molecule has 6 rings (SSSR count). The molecule has 2 aliphatic rings. The van der Waals surface area contributed by atoms with E-state index in [0.717, 1.165) is 56.6 Å². The summed E-state index contributed by atoms with van der Waals surface area (Å²) in [6.45, 7) is 7.36. The molecule has 3 aromatic heterocycles. The van der Waals surface area contributed by atoms with Crippen LogP contribution in [0.4, 0.5) is 11.6 Å². The lowest BCUT2D eigenvalue weighted by molar-refractivity contribution is 0.102. The van der Waals surface area contributed by atoms with Crippen molar-refractivity contribution in [1.82, 2.24) is 29.6 Å². The van der Waals surface area contributed by atoms with E-state index in [-0.39, 0.29) is 5.91 Å². The summed E-state index contributed by atoms with van der Waals surface area (Å²) in [5.74, 6) is 1.53. The maximum absolute atomic E-state index is 13.6. The standard InChI is InChI=1S/C28H34N8O3/c1-18-5-4-12-39-27-21(16-30-34(27)2)23-13-19(14-25(31-23)38-3)26(37)33-28-32-22-7-6-20(15-24(22)36(28)17-18)35-10-8-29-9-11-35/h6-7,13-16,18,29H,4-5,8-12,17H2,1-3H3,(H,32,33,37)/t18-/m1/s1. The number of amides is 1. The number of hydrogen-bond donors (Lipinski definition) is 2. The summed E-state index contributed by atoms with van der Waals surface area (Å²) in [5.41, 5.74) is 4.72. The van der Waals surface area contributed by atoms with E-state index < -0.39 is 0 Å². The second kappa shape index (κ2) is 10.6. The molecule has 11 heteroatoms. The molecule has 1 fully saturated rings. The SMILES string of the molecule is COc1cc2cc(n1)-c1cnn(C)c1OCCC[C@@H](C)Cn1c(nc3ccc(N4CCNCC4)cc31)NC2=O. The third-order valence-corrected chi connectivity index (χ3v) is 7.45. The fraction of sp³-hybridized carbons (Fsp3) is 0.429. The third-order valence-electron chi connectivity index (χ3n) is 7.45. The normalized spacial score (nSPS) is 18.4. The van der Waals surface area contributed by atoms with E-state index in [1.807, 2.05) is 13.1 Å². The number of aryl methyl sites for hydroxylation is 1. The summed E-state index contributed by atoms with van der Waals surface area (Å²) >= 11 is 0. The zero-order chi connectivity index (χ0) is 26.9. The van der Waals surface area contributed by atoms with Gasteiger partial charge in [-0.25, -0.2) is 14.6 Å². The molecule has 2 aliphatic heterocycles. The number of imidazole rings is 1. The van der Waals surface area contributed by atoms with Crippen molar-refractivity contribution < 1.29 is 14.3 Å². The van der Waals surface area contributed by atoms with Crippen LogP contribution in [-0.4, -0.2) is 70.1 Å². The van der Waals surface area contributed by atoms with Crippen molar-refractivity contribution >= 4 is 28.6 Å². The molecule has 39 heavy (non-hydrogen) atoms. The first-order chi connectivity index (χ1) is 19.0. The molecular weight excluding hydrogens is 496 g/mol. The van der Waals surface area contributed by atoms with Gasteiger partial charge in [0.15, 0.2) is 0 Å². The van der Waals surface area contributed by atoms with Crippen LogP contribution >= 0.6 is 0 Å². The molecule has 0 saturated carbocycles. The number of rotatable bonds is 2. The zero-order valence-corrected chi connectivity index (χ0v) is 22.6. The predicted molar refractivity (Wildman–Crippen MR) is 150 cm³/mol. The summed E-state index contributed by atoms with van der Waals surface area (Å²) in [4.78, 5) is 25.4. The first-order valence-electron chi connectivity index (χ1n) is 13.5. The van der Waals surface area contributed by atoms with Crippen molar-refractivity contribution in [3.8, 4) is 23.0 Å². The average molecular weight is 531 g/mol. The molecule has 0 spiro atoms. The maximum atomic E-state index is 13.6. The van der Waals surface area contributed by atoms with Crippen molar-refractivity contribution in [1.29, 1.82) is 0 Å². The molecule has 2 bridgehead atoms. The zero-order valence-electron chi connectivity index (χ0n) is 22.6. The largest absolute Gasteiger partial charge is 0.481 e. The second-order valence-electron chi connectivity index (χ2n) is 10.3. The van der Waals surface area contributed by atoms with E-state index in [2.05, 4.69) is 49.2 Å². The van der Waals surface area contributed by atoms with Crippen LogP contribution in [0, 0.1) is 5.92 Å². The minimum absolute atomic E-state index is 0.287. The molecule has 5 heterocycles. The fourth-order valence-corrected chi connectivity index (χ4v) is 5.34. The Morgan fingerprint density at radius 3 is 2.79 bits per heavy atom. The van der Waals surface area contributed by atoms with Gasteiger partial charge in [0.05, 0.1) is 42.2 Å². The van der Waals surface area contributed by atoms with E-state index in [1.165, 1.54) is 12.8 Å². The summed E-state index contributed by atoms with van der Waals surface area (Å²) < 4.78 is 15.5. The molecule has 1 atom stereocenters. The molecule has 0 radical (unpaired) electrons. The van der Waals surface area contributed by atoms with Crippen LogP contribution < -0.4 is 25.0 Å². The summed E-state index contributed by atoms with van der Waals surface area (Å²) in [5, 5.41) is 10.9. The predicted octanol–water partition coefficient (Wildman–Crippen LogP) is 3.31. The molecule has 1 aromatic carbocycles. The van der Waals surface area contributed by atoms with Crippen molar-refractivity contribution in [3.63, 3.8) is 0 Å². The molecular formula is C28H34N8O3. The van der Waals surface area contributed by atoms with Crippen LogP contribution in [0.2, 0.25) is 0 Å². The number of nitrogens with zero attached hydrogens (tertiary/aromatic N) is 6. The number of anilines is 2. The Morgan fingerprint density at radius 1 is 1.13 bits per heavy atom. The number of pyridine rings is 1. The number of carbonyl (C=O) groups excluding carboxylic acids is 1. The molecule has 2 N–H and O–H groups in total. The Bertz CT molecular complexity index is 1500. The van der Waals surface area contributed by atoms with Crippen LogP contribution in [0.1, 0.15) is 30.1 Å². The van der Waals surface area contributed by atoms with Crippen LogP contribution in [-0.2, 0) is 13.6 Å². The molecule has 11 nitrogen and oxygen atoms in total. The first kappa shape index (κ1) is 25.2. The topological polar surface area (TPSA) is 111 Å². The quantitative estimate of drug-likeness (QED) is 0.406. The lowest BCUT2D eigenvalue weighted by Crippen LogP contribution is -2.43. The number of methoxy groups -OCH3 is 1. The minimum Gasteiger partial charge on any atom is -0.481 e. The van der Waals surface area contributed by atoms with Gasteiger partial charge in [-0.05, 0) is 43.0 Å². The molecule has 0 unspecified atom stereocenters. The highest BCUT2D eigenvalue weighted by atomic mass is 16.5. The van der Waals surface area contributed by atoms with Crippen LogP contribution in [0.25, 0.3) is 22.3 Å². The van der Waals surface area contributed by atoms with Crippen LogP contribution in [0.5, 0.6) is 11.8 Å². The van der Waals surface area contributed by atoms with Crippen LogP contribution in [0.3, 0.4) is 0 Å². The van der Waals surface area contributed by atoms with Crippen molar-refractivity contribution in [2.45, 2.75) is 26.3 Å². The van der Waals surface area contributed by atoms with Gasteiger partial charge in [0.1, 0.15) is 0 Å². The second-order valence-corrected chi connectivity index (χ2v) is 10.3. The number of aromatic nitrogens is 5. The number of nitrogens with one attached hydrogen (secondary N) is 2. The van der Waals surface area contributed by atoms with E-state index in [9.17, 15) is 4.79 Å². The van der Waals surface area contributed by atoms with E-state index in [0.29, 0.717) is 47.1 Å². The van der Waals surface area contributed by atoms with Gasteiger partial charge in [-0.1, -0.05) is 6.92 Å². The Morgan fingerprint density at radius 2 is 1.97 bits per heavy atom. The lowest BCUT2D eigenvalue weighted by atomic mass is 10.1. The highest BCUT2D eigenvalue weighted by molar-refractivity contribution is 6.05. The smallest absolute Gasteiger partial charge is 0.258 e. The van der Waals surface area contributed by atoms with Gasteiger partial charge >= 0.3 is 0 Å². The molecule has 1 amide bonds. The third kappa shape index (κ3) is 5.01. The Balaban J connectivity index is 1.43. The molecule has 0 aliphatic carbocycles.